The van der Waals surface area contributed by atoms with Crippen molar-refractivity contribution in [2.24, 2.45) is 0 Å². The Labute approximate surface area is 128 Å². The first-order chi connectivity index (χ1) is 9.90. The van der Waals surface area contributed by atoms with E-state index in [0.717, 1.165) is 0 Å². The zero-order chi connectivity index (χ0) is 15.4. The number of halogens is 1. The lowest BCUT2D eigenvalue weighted by Gasteiger charge is -2.28. The van der Waals surface area contributed by atoms with Crippen molar-refractivity contribution in [3.05, 3.63) is 28.3 Å². The fraction of sp³-hybridized carbons (Fsp3) is 0.467. The van der Waals surface area contributed by atoms with Gasteiger partial charge in [0.15, 0.2) is 0 Å². The summed E-state index contributed by atoms with van der Waals surface area (Å²) in [6.07, 6.45) is 0.0480. The van der Waals surface area contributed by atoms with E-state index in [1.165, 1.54) is 0 Å². The first kappa shape index (κ1) is 14.2. The number of nitriles is 1. The van der Waals surface area contributed by atoms with Crippen molar-refractivity contribution >= 4 is 23.3 Å². The van der Waals surface area contributed by atoms with Gasteiger partial charge in [-0.1, -0.05) is 11.6 Å². The van der Waals surface area contributed by atoms with Crippen molar-refractivity contribution in [3.63, 3.8) is 0 Å². The maximum Gasteiger partial charge on any atom is 0.325 e. The molecule has 1 N–H and O–H groups in total. The SMILES string of the molecule is Cc1c(Cl)ccc(C#N)c1N1C[C@]2(C)[C@H](O)CCN2C1=O. The van der Waals surface area contributed by atoms with Gasteiger partial charge in [-0.3, -0.25) is 4.90 Å². The van der Waals surface area contributed by atoms with Crippen LogP contribution in [0, 0.1) is 18.3 Å². The number of amides is 2. The van der Waals surface area contributed by atoms with Gasteiger partial charge < -0.3 is 10.0 Å². The van der Waals surface area contributed by atoms with Gasteiger partial charge in [-0.05, 0) is 38.0 Å². The molecule has 0 bridgehead atoms. The zero-order valence-electron chi connectivity index (χ0n) is 11.9. The fourth-order valence-electron chi connectivity index (χ4n) is 3.32. The number of hydrogen-bond acceptors (Lipinski definition) is 3. The molecule has 2 amide bonds. The molecular weight excluding hydrogens is 290 g/mol. The first-order valence-corrected chi connectivity index (χ1v) is 7.24. The molecule has 1 aromatic carbocycles. The molecule has 21 heavy (non-hydrogen) atoms. The van der Waals surface area contributed by atoms with Crippen LogP contribution in [0.25, 0.3) is 0 Å². The third-order valence-electron chi connectivity index (χ3n) is 4.66. The molecule has 2 fully saturated rings. The van der Waals surface area contributed by atoms with Crippen molar-refractivity contribution in [2.75, 3.05) is 18.0 Å². The largest absolute Gasteiger partial charge is 0.391 e. The maximum absolute atomic E-state index is 12.7. The molecule has 0 aromatic heterocycles. The Hall–Kier alpha value is -1.77. The topological polar surface area (TPSA) is 67.6 Å². The highest BCUT2D eigenvalue weighted by Gasteiger charge is 2.55. The van der Waals surface area contributed by atoms with Crippen molar-refractivity contribution in [3.8, 4) is 6.07 Å². The predicted molar refractivity (Wildman–Crippen MR) is 79.4 cm³/mol. The smallest absolute Gasteiger partial charge is 0.325 e. The number of aliphatic hydroxyl groups excluding tert-OH is 1. The summed E-state index contributed by atoms with van der Waals surface area (Å²) in [5.74, 6) is 0. The van der Waals surface area contributed by atoms with E-state index in [2.05, 4.69) is 6.07 Å². The number of hydrogen-bond donors (Lipinski definition) is 1. The first-order valence-electron chi connectivity index (χ1n) is 6.86. The van der Waals surface area contributed by atoms with Gasteiger partial charge in [-0.15, -0.1) is 0 Å². The summed E-state index contributed by atoms with van der Waals surface area (Å²) in [4.78, 5) is 15.9. The van der Waals surface area contributed by atoms with E-state index < -0.39 is 11.6 Å². The van der Waals surface area contributed by atoms with Crippen molar-refractivity contribution < 1.29 is 9.90 Å². The summed E-state index contributed by atoms with van der Waals surface area (Å²) in [7, 11) is 0. The summed E-state index contributed by atoms with van der Waals surface area (Å²) in [6, 6.07) is 5.24. The van der Waals surface area contributed by atoms with E-state index in [0.29, 0.717) is 41.3 Å². The van der Waals surface area contributed by atoms with Gasteiger partial charge in [-0.2, -0.15) is 5.26 Å². The van der Waals surface area contributed by atoms with Crippen molar-refractivity contribution in [1.82, 2.24) is 4.90 Å². The Balaban J connectivity index is 2.10. The number of carbonyl (C=O) groups excluding carboxylic acids is 1. The molecule has 0 saturated carbocycles. The summed E-state index contributed by atoms with van der Waals surface area (Å²) < 4.78 is 0. The minimum Gasteiger partial charge on any atom is -0.391 e. The second kappa shape index (κ2) is 4.62. The van der Waals surface area contributed by atoms with Crippen LogP contribution in [0.3, 0.4) is 0 Å². The van der Waals surface area contributed by atoms with Gasteiger partial charge in [-0.25, -0.2) is 4.79 Å². The van der Waals surface area contributed by atoms with Crippen molar-refractivity contribution in [1.29, 1.82) is 5.26 Å². The third-order valence-corrected chi connectivity index (χ3v) is 5.07. The number of carbonyl (C=O) groups is 1. The van der Waals surface area contributed by atoms with Crippen molar-refractivity contribution in [2.45, 2.75) is 31.9 Å². The lowest BCUT2D eigenvalue weighted by Crippen LogP contribution is -2.46. The lowest BCUT2D eigenvalue weighted by atomic mass is 9.96. The minimum atomic E-state index is -0.599. The van der Waals surface area contributed by atoms with E-state index in [1.807, 2.05) is 6.92 Å². The normalized spacial score (nSPS) is 28.0. The van der Waals surface area contributed by atoms with Crippen LogP contribution in [0.15, 0.2) is 12.1 Å². The Bertz CT molecular complexity index is 670. The third kappa shape index (κ3) is 1.83. The molecule has 0 spiro atoms. The molecule has 1 aromatic rings. The Kier molecular flexibility index (Phi) is 3.12. The minimum absolute atomic E-state index is 0.170. The van der Waals surface area contributed by atoms with Crippen LogP contribution in [-0.4, -0.2) is 40.8 Å². The van der Waals surface area contributed by atoms with E-state index >= 15 is 0 Å². The molecule has 5 nitrogen and oxygen atoms in total. The van der Waals surface area contributed by atoms with E-state index in [4.69, 9.17) is 11.6 Å². The van der Waals surface area contributed by atoms with E-state index in [1.54, 1.807) is 28.9 Å². The molecule has 0 unspecified atom stereocenters. The molecule has 2 aliphatic rings. The zero-order valence-corrected chi connectivity index (χ0v) is 12.7. The van der Waals surface area contributed by atoms with Gasteiger partial charge in [0.2, 0.25) is 0 Å². The fourth-order valence-corrected chi connectivity index (χ4v) is 3.48. The summed E-state index contributed by atoms with van der Waals surface area (Å²) >= 11 is 6.14. The van der Waals surface area contributed by atoms with Crippen LogP contribution in [0.5, 0.6) is 0 Å². The molecule has 0 aliphatic carbocycles. The van der Waals surface area contributed by atoms with E-state index in [-0.39, 0.29) is 6.03 Å². The number of benzene rings is 1. The number of aliphatic hydroxyl groups is 1. The second-order valence-corrected chi connectivity index (χ2v) is 6.27. The Morgan fingerprint density at radius 2 is 2.24 bits per heavy atom. The lowest BCUT2D eigenvalue weighted by molar-refractivity contribution is 0.0829. The molecule has 2 atom stereocenters. The predicted octanol–water partition coefficient (Wildman–Crippen LogP) is 2.29. The van der Waals surface area contributed by atoms with Crippen LogP contribution in [0.1, 0.15) is 24.5 Å². The highest BCUT2D eigenvalue weighted by atomic mass is 35.5. The monoisotopic (exact) mass is 305 g/mol. The van der Waals surface area contributed by atoms with Gasteiger partial charge in [0.05, 0.1) is 29.4 Å². The van der Waals surface area contributed by atoms with Gasteiger partial charge in [0.1, 0.15) is 6.07 Å². The number of rotatable bonds is 1. The quantitative estimate of drug-likeness (QED) is 0.865. The Morgan fingerprint density at radius 1 is 1.52 bits per heavy atom. The molecule has 2 aliphatic heterocycles. The second-order valence-electron chi connectivity index (χ2n) is 5.86. The van der Waals surface area contributed by atoms with Crippen LogP contribution in [0.4, 0.5) is 10.5 Å². The molecule has 110 valence electrons. The molecule has 2 heterocycles. The number of nitrogens with zero attached hydrogens (tertiary/aromatic N) is 3. The van der Waals surface area contributed by atoms with Gasteiger partial charge >= 0.3 is 6.03 Å². The van der Waals surface area contributed by atoms with Crippen LogP contribution < -0.4 is 4.90 Å². The van der Waals surface area contributed by atoms with Crippen LogP contribution in [0.2, 0.25) is 5.02 Å². The Morgan fingerprint density at radius 3 is 2.86 bits per heavy atom. The summed E-state index contributed by atoms with van der Waals surface area (Å²) in [5.41, 5.74) is 1.09. The molecule has 0 radical (unpaired) electrons. The van der Waals surface area contributed by atoms with Crippen LogP contribution >= 0.6 is 11.6 Å². The van der Waals surface area contributed by atoms with Gasteiger partial charge in [0, 0.05) is 11.6 Å². The maximum atomic E-state index is 12.7. The average molecular weight is 306 g/mol. The van der Waals surface area contributed by atoms with Crippen LogP contribution in [-0.2, 0) is 0 Å². The number of anilines is 1. The highest BCUT2D eigenvalue weighted by molar-refractivity contribution is 6.32. The number of fused-ring (bicyclic) bond motifs is 1. The standard InChI is InChI=1S/C15H16ClN3O2/c1-9-11(16)4-3-10(7-17)13(9)18-8-15(2)12(20)5-6-19(15)14(18)21/h3-4,12,20H,5-6,8H2,1-2H3/t12-,15-/m1/s1. The summed E-state index contributed by atoms with van der Waals surface area (Å²) in [5, 5.41) is 20.0. The van der Waals surface area contributed by atoms with Gasteiger partial charge in [0.25, 0.3) is 0 Å². The van der Waals surface area contributed by atoms with E-state index in [9.17, 15) is 15.2 Å². The molecule has 2 saturated heterocycles. The number of urea groups is 1. The summed E-state index contributed by atoms with van der Waals surface area (Å²) in [6.45, 7) is 4.58. The average Bonchev–Trinajstić information content (AvgIpc) is 2.88. The molecule has 6 heteroatoms. The molecule has 3 rings (SSSR count). The highest BCUT2D eigenvalue weighted by Crippen LogP contribution is 2.41. The molecular formula is C15H16ClN3O2.